The number of nitrogens with two attached hydrogens (primary N) is 1. The fourth-order valence-electron chi connectivity index (χ4n) is 3.89. The number of hydrogen-bond donors (Lipinski definition) is 1. The predicted octanol–water partition coefficient (Wildman–Crippen LogP) is 2.16. The van der Waals surface area contributed by atoms with Gasteiger partial charge in [0.15, 0.2) is 0 Å². The Hall–Kier alpha value is -0.570. The van der Waals surface area contributed by atoms with Gasteiger partial charge >= 0.3 is 0 Å². The second kappa shape index (κ2) is 4.97. The first-order valence-corrected chi connectivity index (χ1v) is 7.42. The van der Waals surface area contributed by atoms with Crippen molar-refractivity contribution in [2.75, 3.05) is 13.1 Å². The van der Waals surface area contributed by atoms with Gasteiger partial charge in [0.25, 0.3) is 0 Å². The van der Waals surface area contributed by atoms with E-state index >= 15 is 0 Å². The quantitative estimate of drug-likeness (QED) is 0.588. The van der Waals surface area contributed by atoms with Crippen LogP contribution in [0.4, 0.5) is 0 Å². The fourth-order valence-corrected chi connectivity index (χ4v) is 3.89. The summed E-state index contributed by atoms with van der Waals surface area (Å²) in [7, 11) is 0. The topological polar surface area (TPSA) is 41.6 Å². The van der Waals surface area contributed by atoms with Gasteiger partial charge in [0.2, 0.25) is 0 Å². The van der Waals surface area contributed by atoms with E-state index < -0.39 is 0 Å². The number of nitrogens with zero attached hydrogens (tertiary/aromatic N) is 2. The minimum absolute atomic E-state index is 0.510. The smallest absolute Gasteiger partial charge is 0.0972 e. The Bertz CT molecular complexity index is 294. The average molecular weight is 235 g/mol. The monoisotopic (exact) mass is 235 g/mol. The van der Waals surface area contributed by atoms with Crippen molar-refractivity contribution < 1.29 is 0 Å². The first kappa shape index (κ1) is 11.5. The molecule has 0 amide bonds. The van der Waals surface area contributed by atoms with E-state index in [0.29, 0.717) is 18.0 Å². The molecule has 2 saturated heterocycles. The SMILES string of the molecule is NC(=NC1CCN2CCCCC12)C1CCCC1. The zero-order valence-corrected chi connectivity index (χ0v) is 10.8. The van der Waals surface area contributed by atoms with Crippen molar-refractivity contribution in [3.05, 3.63) is 0 Å². The fraction of sp³-hybridized carbons (Fsp3) is 0.929. The van der Waals surface area contributed by atoms with Crippen molar-refractivity contribution in [2.24, 2.45) is 16.6 Å². The van der Waals surface area contributed by atoms with E-state index in [1.807, 2.05) is 0 Å². The van der Waals surface area contributed by atoms with Gasteiger partial charge in [-0.3, -0.25) is 9.89 Å². The zero-order chi connectivity index (χ0) is 11.7. The average Bonchev–Trinajstić information content (AvgIpc) is 2.98. The van der Waals surface area contributed by atoms with Crippen molar-refractivity contribution in [2.45, 2.75) is 63.5 Å². The van der Waals surface area contributed by atoms with Gasteiger partial charge in [-0.05, 0) is 38.6 Å². The highest BCUT2D eigenvalue weighted by atomic mass is 15.2. The summed E-state index contributed by atoms with van der Waals surface area (Å²) in [5.41, 5.74) is 6.21. The van der Waals surface area contributed by atoms with Crippen molar-refractivity contribution in [3.63, 3.8) is 0 Å². The number of fused-ring (bicyclic) bond motifs is 1. The van der Waals surface area contributed by atoms with Gasteiger partial charge in [-0.1, -0.05) is 19.3 Å². The molecule has 2 atom stereocenters. The number of amidine groups is 1. The molecule has 0 aromatic heterocycles. The molecular formula is C14H25N3. The van der Waals surface area contributed by atoms with Crippen molar-refractivity contribution in [3.8, 4) is 0 Å². The van der Waals surface area contributed by atoms with Crippen LogP contribution in [0, 0.1) is 5.92 Å². The van der Waals surface area contributed by atoms with Crippen molar-refractivity contribution in [1.82, 2.24) is 4.90 Å². The molecule has 3 rings (SSSR count). The molecule has 0 aromatic rings. The Balaban J connectivity index is 1.65. The molecule has 2 unspecified atom stereocenters. The first-order valence-electron chi connectivity index (χ1n) is 7.42. The molecule has 1 saturated carbocycles. The normalized spacial score (nSPS) is 36.4. The lowest BCUT2D eigenvalue weighted by Gasteiger charge is -2.31. The maximum absolute atomic E-state index is 6.21. The molecule has 1 aliphatic carbocycles. The van der Waals surface area contributed by atoms with E-state index in [2.05, 4.69) is 4.90 Å². The van der Waals surface area contributed by atoms with E-state index in [9.17, 15) is 0 Å². The molecular weight excluding hydrogens is 210 g/mol. The minimum Gasteiger partial charge on any atom is -0.387 e. The van der Waals surface area contributed by atoms with E-state index in [-0.39, 0.29) is 0 Å². The zero-order valence-electron chi connectivity index (χ0n) is 10.8. The van der Waals surface area contributed by atoms with E-state index in [0.717, 1.165) is 5.84 Å². The molecule has 0 bridgehead atoms. The maximum atomic E-state index is 6.21. The van der Waals surface area contributed by atoms with Crippen LogP contribution in [0.15, 0.2) is 4.99 Å². The highest BCUT2D eigenvalue weighted by molar-refractivity contribution is 5.83. The first-order chi connectivity index (χ1) is 8.34. The van der Waals surface area contributed by atoms with Crippen LogP contribution < -0.4 is 5.73 Å². The summed E-state index contributed by atoms with van der Waals surface area (Å²) in [4.78, 5) is 7.53. The van der Waals surface area contributed by atoms with Gasteiger partial charge < -0.3 is 5.73 Å². The number of aliphatic imine (C=N–C) groups is 1. The molecule has 17 heavy (non-hydrogen) atoms. The van der Waals surface area contributed by atoms with Gasteiger partial charge in [-0.25, -0.2) is 0 Å². The maximum Gasteiger partial charge on any atom is 0.0972 e. The molecule has 96 valence electrons. The summed E-state index contributed by atoms with van der Waals surface area (Å²) in [6.45, 7) is 2.54. The molecule has 3 nitrogen and oxygen atoms in total. The predicted molar refractivity (Wildman–Crippen MR) is 71.2 cm³/mol. The van der Waals surface area contributed by atoms with Crippen LogP contribution in [0.3, 0.4) is 0 Å². The Morgan fingerprint density at radius 1 is 0.941 bits per heavy atom. The number of rotatable bonds is 2. The molecule has 2 N–H and O–H groups in total. The van der Waals surface area contributed by atoms with Gasteiger partial charge in [0, 0.05) is 18.5 Å². The standard InChI is InChI=1S/C14H25N3/c15-14(11-5-1-2-6-11)16-12-8-10-17-9-4-3-7-13(12)17/h11-13H,1-10H2,(H2,15,16). The van der Waals surface area contributed by atoms with E-state index in [1.165, 1.54) is 64.5 Å². The molecule has 0 aromatic carbocycles. The van der Waals surface area contributed by atoms with E-state index in [1.54, 1.807) is 0 Å². The van der Waals surface area contributed by atoms with Crippen LogP contribution in [0.25, 0.3) is 0 Å². The summed E-state index contributed by atoms with van der Waals surface area (Å²) in [5, 5.41) is 0. The summed E-state index contributed by atoms with van der Waals surface area (Å²) in [6.07, 6.45) is 10.6. The molecule has 3 fully saturated rings. The third kappa shape index (κ3) is 2.35. The van der Waals surface area contributed by atoms with Crippen LogP contribution in [-0.2, 0) is 0 Å². The van der Waals surface area contributed by atoms with Gasteiger partial charge in [-0.15, -0.1) is 0 Å². The summed E-state index contributed by atoms with van der Waals surface area (Å²) < 4.78 is 0. The lowest BCUT2D eigenvalue weighted by Crippen LogP contribution is -2.39. The van der Waals surface area contributed by atoms with E-state index in [4.69, 9.17) is 10.7 Å². The second-order valence-corrected chi connectivity index (χ2v) is 5.99. The Morgan fingerprint density at radius 2 is 1.71 bits per heavy atom. The van der Waals surface area contributed by atoms with Crippen LogP contribution >= 0.6 is 0 Å². The summed E-state index contributed by atoms with van der Waals surface area (Å²) in [6, 6.07) is 1.22. The van der Waals surface area contributed by atoms with Crippen LogP contribution in [0.1, 0.15) is 51.4 Å². The molecule has 2 heterocycles. The molecule has 0 radical (unpaired) electrons. The second-order valence-electron chi connectivity index (χ2n) is 5.99. The molecule has 3 heteroatoms. The van der Waals surface area contributed by atoms with Crippen molar-refractivity contribution >= 4 is 5.84 Å². The third-order valence-electron chi connectivity index (χ3n) is 4.91. The Labute approximate surface area is 104 Å². The summed E-state index contributed by atoms with van der Waals surface area (Å²) in [5.74, 6) is 1.58. The van der Waals surface area contributed by atoms with Crippen molar-refractivity contribution in [1.29, 1.82) is 0 Å². The Kier molecular flexibility index (Phi) is 3.37. The van der Waals surface area contributed by atoms with Crippen LogP contribution in [-0.4, -0.2) is 35.9 Å². The van der Waals surface area contributed by atoms with Crippen LogP contribution in [0.5, 0.6) is 0 Å². The largest absolute Gasteiger partial charge is 0.387 e. The minimum atomic E-state index is 0.510. The lowest BCUT2D eigenvalue weighted by atomic mass is 9.99. The van der Waals surface area contributed by atoms with Gasteiger partial charge in [0.05, 0.1) is 11.9 Å². The van der Waals surface area contributed by atoms with Crippen LogP contribution in [0.2, 0.25) is 0 Å². The summed E-state index contributed by atoms with van der Waals surface area (Å²) >= 11 is 0. The molecule has 2 aliphatic heterocycles. The highest BCUT2D eigenvalue weighted by Gasteiger charge is 2.35. The number of hydrogen-bond acceptors (Lipinski definition) is 2. The third-order valence-corrected chi connectivity index (χ3v) is 4.91. The number of piperidine rings is 1. The van der Waals surface area contributed by atoms with Gasteiger partial charge in [-0.2, -0.15) is 0 Å². The molecule has 3 aliphatic rings. The lowest BCUT2D eigenvalue weighted by molar-refractivity contribution is 0.189. The molecule has 0 spiro atoms. The highest BCUT2D eigenvalue weighted by Crippen LogP contribution is 2.30. The van der Waals surface area contributed by atoms with Gasteiger partial charge in [0.1, 0.15) is 0 Å². The Morgan fingerprint density at radius 3 is 2.53 bits per heavy atom.